The maximum Gasteiger partial charge on any atom is 0.272 e. The van der Waals surface area contributed by atoms with Crippen molar-refractivity contribution in [3.8, 4) is 0 Å². The zero-order valence-corrected chi connectivity index (χ0v) is 13.6. The number of fused-ring (bicyclic) bond motifs is 1. The quantitative estimate of drug-likeness (QED) is 0.835. The standard InChI is InChI=1S/C16H20N4O.ClH/c1-10-8-15(19-20(10)2)16(21)18-14-5-3-4-11-9-12(17)6-7-13(11)14;/h6-9,14H,3-5,17H2,1-2H3,(H,18,21);1H. The van der Waals surface area contributed by atoms with Crippen molar-refractivity contribution in [3.63, 3.8) is 0 Å². The third kappa shape index (κ3) is 3.09. The lowest BCUT2D eigenvalue weighted by molar-refractivity contribution is 0.0927. The molecule has 0 spiro atoms. The van der Waals surface area contributed by atoms with Gasteiger partial charge in [-0.25, -0.2) is 0 Å². The van der Waals surface area contributed by atoms with E-state index in [0.717, 1.165) is 30.6 Å². The van der Waals surface area contributed by atoms with Gasteiger partial charge in [0.15, 0.2) is 0 Å². The van der Waals surface area contributed by atoms with Gasteiger partial charge >= 0.3 is 0 Å². The number of nitrogens with one attached hydrogen (secondary N) is 1. The highest BCUT2D eigenvalue weighted by atomic mass is 35.5. The van der Waals surface area contributed by atoms with Crippen LogP contribution in [-0.4, -0.2) is 15.7 Å². The molecule has 1 aromatic heterocycles. The zero-order valence-electron chi connectivity index (χ0n) is 12.8. The van der Waals surface area contributed by atoms with Crippen molar-refractivity contribution in [2.45, 2.75) is 32.2 Å². The van der Waals surface area contributed by atoms with Gasteiger partial charge in [0.25, 0.3) is 5.91 Å². The normalized spacial score (nSPS) is 16.5. The SMILES string of the molecule is Cc1cc(C(=O)NC2CCCc3cc(N)ccc32)nn1C.Cl. The average Bonchev–Trinajstić information content (AvgIpc) is 2.79. The van der Waals surface area contributed by atoms with Gasteiger partial charge in [0, 0.05) is 18.4 Å². The van der Waals surface area contributed by atoms with Gasteiger partial charge < -0.3 is 11.1 Å². The third-order valence-corrected chi connectivity index (χ3v) is 4.13. The first-order chi connectivity index (χ1) is 10.0. The number of halogens is 1. The first-order valence-electron chi connectivity index (χ1n) is 7.24. The lowest BCUT2D eigenvalue weighted by Gasteiger charge is -2.26. The molecule has 1 aromatic carbocycles. The van der Waals surface area contributed by atoms with Crippen molar-refractivity contribution in [2.24, 2.45) is 7.05 Å². The fourth-order valence-electron chi connectivity index (χ4n) is 2.89. The van der Waals surface area contributed by atoms with Crippen LogP contribution in [0.3, 0.4) is 0 Å². The summed E-state index contributed by atoms with van der Waals surface area (Å²) in [6.45, 7) is 1.93. The highest BCUT2D eigenvalue weighted by Gasteiger charge is 2.23. The number of nitrogens with zero attached hydrogens (tertiary/aromatic N) is 2. The van der Waals surface area contributed by atoms with Gasteiger partial charge in [-0.3, -0.25) is 9.48 Å². The van der Waals surface area contributed by atoms with Gasteiger partial charge in [-0.05, 0) is 55.5 Å². The number of nitrogen functional groups attached to an aromatic ring is 1. The molecule has 2 aromatic rings. The number of anilines is 1. The first kappa shape index (κ1) is 16.4. The second kappa shape index (κ2) is 6.40. The molecule has 1 heterocycles. The number of nitrogens with two attached hydrogens (primary N) is 1. The lowest BCUT2D eigenvalue weighted by Crippen LogP contribution is -2.31. The van der Waals surface area contributed by atoms with Crippen LogP contribution in [0.2, 0.25) is 0 Å². The van der Waals surface area contributed by atoms with Crippen molar-refractivity contribution in [3.05, 3.63) is 46.8 Å². The molecule has 0 aliphatic heterocycles. The fraction of sp³-hybridized carbons (Fsp3) is 0.375. The summed E-state index contributed by atoms with van der Waals surface area (Å²) in [5, 5.41) is 7.33. The molecule has 1 unspecified atom stereocenters. The molecule has 1 atom stereocenters. The molecule has 6 heteroatoms. The zero-order chi connectivity index (χ0) is 15.0. The molecule has 3 N–H and O–H groups in total. The van der Waals surface area contributed by atoms with Crippen LogP contribution in [0.1, 0.15) is 46.2 Å². The predicted molar refractivity (Wildman–Crippen MR) is 89.2 cm³/mol. The Morgan fingerprint density at radius 1 is 1.41 bits per heavy atom. The average molecular weight is 321 g/mol. The van der Waals surface area contributed by atoms with Crippen LogP contribution in [0.4, 0.5) is 5.69 Å². The van der Waals surface area contributed by atoms with Crippen LogP contribution in [0.25, 0.3) is 0 Å². The molecule has 0 bridgehead atoms. The van der Waals surface area contributed by atoms with Crippen LogP contribution < -0.4 is 11.1 Å². The smallest absolute Gasteiger partial charge is 0.272 e. The summed E-state index contributed by atoms with van der Waals surface area (Å²) >= 11 is 0. The van der Waals surface area contributed by atoms with E-state index in [2.05, 4.69) is 10.4 Å². The minimum atomic E-state index is -0.117. The highest BCUT2D eigenvalue weighted by molar-refractivity contribution is 5.92. The fourth-order valence-corrected chi connectivity index (χ4v) is 2.89. The molecule has 0 saturated carbocycles. The molecular weight excluding hydrogens is 300 g/mol. The molecule has 0 fully saturated rings. The van der Waals surface area contributed by atoms with Gasteiger partial charge in [0.05, 0.1) is 6.04 Å². The maximum atomic E-state index is 12.3. The second-order valence-corrected chi connectivity index (χ2v) is 5.67. The molecule has 1 aliphatic rings. The minimum Gasteiger partial charge on any atom is -0.399 e. The van der Waals surface area contributed by atoms with Crippen molar-refractivity contribution in [2.75, 3.05) is 5.73 Å². The minimum absolute atomic E-state index is 0. The molecule has 0 radical (unpaired) electrons. The van der Waals surface area contributed by atoms with Crippen LogP contribution in [0.5, 0.6) is 0 Å². The predicted octanol–water partition coefficient (Wildman–Crippen LogP) is 2.54. The number of carbonyl (C=O) groups is 1. The van der Waals surface area contributed by atoms with Gasteiger partial charge in [0.1, 0.15) is 5.69 Å². The van der Waals surface area contributed by atoms with Crippen molar-refractivity contribution in [1.29, 1.82) is 0 Å². The summed E-state index contributed by atoms with van der Waals surface area (Å²) in [5.74, 6) is -0.117. The maximum absolute atomic E-state index is 12.3. The van der Waals surface area contributed by atoms with E-state index in [1.54, 1.807) is 4.68 Å². The first-order valence-corrected chi connectivity index (χ1v) is 7.24. The van der Waals surface area contributed by atoms with E-state index in [1.165, 1.54) is 11.1 Å². The van der Waals surface area contributed by atoms with Crippen LogP contribution in [-0.2, 0) is 13.5 Å². The summed E-state index contributed by atoms with van der Waals surface area (Å²) in [5.41, 5.74) is 10.5. The Morgan fingerprint density at radius 2 is 2.18 bits per heavy atom. The Morgan fingerprint density at radius 3 is 2.86 bits per heavy atom. The summed E-state index contributed by atoms with van der Waals surface area (Å²) in [6, 6.07) is 7.79. The lowest BCUT2D eigenvalue weighted by atomic mass is 9.87. The van der Waals surface area contributed by atoms with Crippen molar-refractivity contribution >= 4 is 24.0 Å². The van der Waals surface area contributed by atoms with E-state index in [4.69, 9.17) is 5.73 Å². The Balaban J connectivity index is 0.00000176. The number of hydrogen-bond acceptors (Lipinski definition) is 3. The van der Waals surface area contributed by atoms with E-state index in [9.17, 15) is 4.79 Å². The molecule has 22 heavy (non-hydrogen) atoms. The molecule has 3 rings (SSSR count). The number of rotatable bonds is 2. The molecule has 0 saturated heterocycles. The Bertz CT molecular complexity index is 676. The number of hydrogen-bond donors (Lipinski definition) is 2. The van der Waals surface area contributed by atoms with Crippen LogP contribution in [0.15, 0.2) is 24.3 Å². The molecule has 5 nitrogen and oxygen atoms in total. The summed E-state index contributed by atoms with van der Waals surface area (Å²) < 4.78 is 1.71. The van der Waals surface area contributed by atoms with E-state index >= 15 is 0 Å². The van der Waals surface area contributed by atoms with Gasteiger partial charge in [-0.15, -0.1) is 12.4 Å². The highest BCUT2D eigenvalue weighted by Crippen LogP contribution is 2.31. The van der Waals surface area contributed by atoms with Gasteiger partial charge in [-0.2, -0.15) is 5.10 Å². The third-order valence-electron chi connectivity index (χ3n) is 4.13. The number of aryl methyl sites for hydroxylation is 3. The second-order valence-electron chi connectivity index (χ2n) is 5.67. The van der Waals surface area contributed by atoms with E-state index in [1.807, 2.05) is 38.2 Å². The largest absolute Gasteiger partial charge is 0.399 e. The van der Waals surface area contributed by atoms with Crippen molar-refractivity contribution in [1.82, 2.24) is 15.1 Å². The molecule has 1 aliphatic carbocycles. The summed E-state index contributed by atoms with van der Waals surface area (Å²) in [6.07, 6.45) is 3.03. The summed E-state index contributed by atoms with van der Waals surface area (Å²) in [4.78, 5) is 12.3. The Kier molecular flexibility index (Phi) is 4.76. The van der Waals surface area contributed by atoms with Crippen LogP contribution >= 0.6 is 12.4 Å². The van der Waals surface area contributed by atoms with Crippen LogP contribution in [0, 0.1) is 6.92 Å². The summed E-state index contributed by atoms with van der Waals surface area (Å²) in [7, 11) is 1.84. The monoisotopic (exact) mass is 320 g/mol. The van der Waals surface area contributed by atoms with E-state index in [0.29, 0.717) is 5.69 Å². The number of carbonyl (C=O) groups excluding carboxylic acids is 1. The number of aromatic nitrogens is 2. The Labute approximate surface area is 136 Å². The number of benzene rings is 1. The van der Waals surface area contributed by atoms with E-state index < -0.39 is 0 Å². The topological polar surface area (TPSA) is 72.9 Å². The molecular formula is C16H21ClN4O. The van der Waals surface area contributed by atoms with Gasteiger partial charge in [0.2, 0.25) is 0 Å². The molecule has 118 valence electrons. The van der Waals surface area contributed by atoms with E-state index in [-0.39, 0.29) is 24.4 Å². The molecule has 1 amide bonds. The number of amides is 1. The van der Waals surface area contributed by atoms with Crippen molar-refractivity contribution < 1.29 is 4.79 Å². The van der Waals surface area contributed by atoms with Gasteiger partial charge in [-0.1, -0.05) is 6.07 Å². The Hall–Kier alpha value is -2.01.